The van der Waals surface area contributed by atoms with E-state index in [1.807, 2.05) is 0 Å². The van der Waals surface area contributed by atoms with Gasteiger partial charge in [-0.25, -0.2) is 0 Å². The average molecular weight is 243 g/mol. The number of aromatic nitrogens is 1. The summed E-state index contributed by atoms with van der Waals surface area (Å²) in [5.41, 5.74) is 5.81. The number of fused-ring (bicyclic) bond motifs is 1. The van der Waals surface area contributed by atoms with Crippen LogP contribution in [0.15, 0.2) is 24.4 Å². The van der Waals surface area contributed by atoms with Gasteiger partial charge in [0.2, 0.25) is 0 Å². The molecule has 0 saturated carbocycles. The first-order valence-corrected chi connectivity index (χ1v) is 7.07. The molecule has 0 unspecified atom stereocenters. The predicted octanol–water partition coefficient (Wildman–Crippen LogP) is 5.31. The monoisotopic (exact) mass is 243 g/mol. The Kier molecular flexibility index (Phi) is 3.52. The molecule has 2 rings (SSSR count). The summed E-state index contributed by atoms with van der Waals surface area (Å²) in [4.78, 5) is 0. The van der Waals surface area contributed by atoms with Gasteiger partial charge < -0.3 is 4.40 Å². The zero-order chi connectivity index (χ0) is 13.4. The van der Waals surface area contributed by atoms with Crippen LogP contribution in [-0.4, -0.2) is 4.40 Å². The smallest absolute Gasteiger partial charge is 0.0490 e. The van der Waals surface area contributed by atoms with E-state index in [0.717, 1.165) is 0 Å². The van der Waals surface area contributed by atoms with Crippen LogP contribution in [0.5, 0.6) is 0 Å². The molecule has 0 aliphatic rings. The topological polar surface area (TPSA) is 4.41 Å². The van der Waals surface area contributed by atoms with Crippen molar-refractivity contribution >= 4 is 5.52 Å². The van der Waals surface area contributed by atoms with Gasteiger partial charge in [0.25, 0.3) is 0 Å². The van der Waals surface area contributed by atoms with Crippen molar-refractivity contribution in [3.63, 3.8) is 0 Å². The lowest BCUT2D eigenvalue weighted by Crippen LogP contribution is -2.01. The van der Waals surface area contributed by atoms with E-state index in [1.165, 1.54) is 22.3 Å². The first-order chi connectivity index (χ1) is 8.43. The van der Waals surface area contributed by atoms with Crippen molar-refractivity contribution in [2.45, 2.75) is 59.3 Å². The Morgan fingerprint density at radius 1 is 0.833 bits per heavy atom. The van der Waals surface area contributed by atoms with Crippen LogP contribution in [0.3, 0.4) is 0 Å². The van der Waals surface area contributed by atoms with Gasteiger partial charge in [-0.2, -0.15) is 0 Å². The van der Waals surface area contributed by atoms with Crippen LogP contribution in [0.2, 0.25) is 0 Å². The van der Waals surface area contributed by atoms with E-state index in [4.69, 9.17) is 0 Å². The second-order valence-corrected chi connectivity index (χ2v) is 6.17. The summed E-state index contributed by atoms with van der Waals surface area (Å²) in [6.45, 7) is 13.7. The van der Waals surface area contributed by atoms with Crippen molar-refractivity contribution < 1.29 is 0 Å². The third-order valence-corrected chi connectivity index (χ3v) is 3.70. The maximum absolute atomic E-state index is 2.40. The summed E-state index contributed by atoms with van der Waals surface area (Å²) in [6, 6.07) is 6.84. The lowest BCUT2D eigenvalue weighted by Gasteiger charge is -2.13. The van der Waals surface area contributed by atoms with Gasteiger partial charge in [0.05, 0.1) is 0 Å². The minimum atomic E-state index is 0.562. The Labute approximate surface area is 111 Å². The maximum Gasteiger partial charge on any atom is 0.0490 e. The molecule has 2 heterocycles. The van der Waals surface area contributed by atoms with E-state index < -0.39 is 0 Å². The van der Waals surface area contributed by atoms with Crippen molar-refractivity contribution in [1.29, 1.82) is 0 Å². The predicted molar refractivity (Wildman–Crippen MR) is 79.7 cm³/mol. The molecular formula is C17H25N. The van der Waals surface area contributed by atoms with E-state index in [2.05, 4.69) is 70.3 Å². The number of pyridine rings is 1. The van der Waals surface area contributed by atoms with E-state index in [9.17, 15) is 0 Å². The van der Waals surface area contributed by atoms with E-state index in [-0.39, 0.29) is 0 Å². The molecule has 0 radical (unpaired) electrons. The third-order valence-electron chi connectivity index (χ3n) is 3.70. The molecule has 2 aromatic rings. The van der Waals surface area contributed by atoms with Crippen LogP contribution in [0.25, 0.3) is 5.52 Å². The van der Waals surface area contributed by atoms with Crippen molar-refractivity contribution in [2.24, 2.45) is 0 Å². The largest absolute Gasteiger partial charge is 0.320 e. The van der Waals surface area contributed by atoms with Crippen LogP contribution < -0.4 is 0 Å². The normalized spacial score (nSPS) is 12.3. The number of rotatable bonds is 3. The van der Waals surface area contributed by atoms with Crippen LogP contribution >= 0.6 is 0 Å². The van der Waals surface area contributed by atoms with Gasteiger partial charge in [-0.3, -0.25) is 0 Å². The Balaban J connectivity index is 2.80. The molecule has 1 heteroatoms. The van der Waals surface area contributed by atoms with Crippen molar-refractivity contribution in [2.75, 3.05) is 0 Å². The second kappa shape index (κ2) is 4.79. The first-order valence-electron chi connectivity index (χ1n) is 7.07. The van der Waals surface area contributed by atoms with Crippen LogP contribution in [0.1, 0.15) is 76.1 Å². The van der Waals surface area contributed by atoms with Crippen molar-refractivity contribution in [3.8, 4) is 0 Å². The fraction of sp³-hybridized carbons (Fsp3) is 0.529. The summed E-state index contributed by atoms with van der Waals surface area (Å²) < 4.78 is 2.40. The zero-order valence-corrected chi connectivity index (χ0v) is 12.5. The number of hydrogen-bond donors (Lipinski definition) is 0. The number of nitrogens with zero attached hydrogens (tertiary/aromatic N) is 1. The highest BCUT2D eigenvalue weighted by Gasteiger charge is 2.17. The lowest BCUT2D eigenvalue weighted by atomic mass is 9.97. The second-order valence-electron chi connectivity index (χ2n) is 6.17. The van der Waals surface area contributed by atoms with Gasteiger partial charge in [-0.15, -0.1) is 0 Å². The van der Waals surface area contributed by atoms with Gasteiger partial charge >= 0.3 is 0 Å². The van der Waals surface area contributed by atoms with Crippen LogP contribution in [0, 0.1) is 0 Å². The molecular weight excluding hydrogens is 218 g/mol. The molecule has 18 heavy (non-hydrogen) atoms. The maximum atomic E-state index is 2.40. The molecule has 0 N–H and O–H groups in total. The third kappa shape index (κ3) is 2.07. The molecule has 0 amide bonds. The highest BCUT2D eigenvalue weighted by atomic mass is 14.9. The Hall–Kier alpha value is -1.24. The van der Waals surface area contributed by atoms with Gasteiger partial charge in [0.15, 0.2) is 0 Å². The summed E-state index contributed by atoms with van der Waals surface area (Å²) in [6.07, 6.45) is 2.21. The van der Waals surface area contributed by atoms with Crippen LogP contribution in [-0.2, 0) is 0 Å². The highest BCUT2D eigenvalue weighted by Crippen LogP contribution is 2.32. The van der Waals surface area contributed by atoms with Gasteiger partial charge in [-0.05, 0) is 41.0 Å². The quantitative estimate of drug-likeness (QED) is 0.688. The van der Waals surface area contributed by atoms with E-state index >= 15 is 0 Å². The molecule has 0 aliphatic heterocycles. The fourth-order valence-corrected chi connectivity index (χ4v) is 2.82. The molecule has 0 bridgehead atoms. The zero-order valence-electron chi connectivity index (χ0n) is 12.5. The molecule has 0 saturated heterocycles. The molecule has 0 atom stereocenters. The summed E-state index contributed by atoms with van der Waals surface area (Å²) in [7, 11) is 0. The molecule has 0 aliphatic carbocycles. The average Bonchev–Trinajstić information content (AvgIpc) is 2.67. The van der Waals surface area contributed by atoms with E-state index in [1.54, 1.807) is 0 Å². The first kappa shape index (κ1) is 13.2. The molecule has 0 aromatic carbocycles. The van der Waals surface area contributed by atoms with Gasteiger partial charge in [-0.1, -0.05) is 47.6 Å². The standard InChI is InChI=1S/C17H25N/c1-11(2)14-8-7-9-18-16(14)10-15(12(3)4)17(18)13(5)6/h7-13H,1-6H3. The minimum absolute atomic E-state index is 0.562. The molecule has 98 valence electrons. The molecule has 1 nitrogen and oxygen atoms in total. The summed E-state index contributed by atoms with van der Waals surface area (Å²) in [5, 5.41) is 0. The van der Waals surface area contributed by atoms with Crippen LogP contribution in [0.4, 0.5) is 0 Å². The number of hydrogen-bond acceptors (Lipinski definition) is 0. The van der Waals surface area contributed by atoms with Crippen molar-refractivity contribution in [1.82, 2.24) is 4.40 Å². The SMILES string of the molecule is CC(C)c1cc2c(C(C)C)cccn2c1C(C)C. The van der Waals surface area contributed by atoms with Gasteiger partial charge in [0.1, 0.15) is 0 Å². The summed E-state index contributed by atoms with van der Waals surface area (Å²) >= 11 is 0. The van der Waals surface area contributed by atoms with E-state index in [0.29, 0.717) is 17.8 Å². The molecule has 2 aromatic heterocycles. The van der Waals surface area contributed by atoms with Gasteiger partial charge in [0, 0.05) is 17.4 Å². The fourth-order valence-electron chi connectivity index (χ4n) is 2.82. The van der Waals surface area contributed by atoms with Crippen molar-refractivity contribution in [3.05, 3.63) is 41.2 Å². The minimum Gasteiger partial charge on any atom is -0.320 e. The highest BCUT2D eigenvalue weighted by molar-refractivity contribution is 5.61. The molecule has 0 fully saturated rings. The summed E-state index contributed by atoms with van der Waals surface area (Å²) in [5.74, 6) is 1.72. The molecule has 0 spiro atoms. The lowest BCUT2D eigenvalue weighted by molar-refractivity contribution is 0.755. The Bertz CT molecular complexity index is 544. The Morgan fingerprint density at radius 2 is 1.44 bits per heavy atom. The Morgan fingerprint density at radius 3 is 1.94 bits per heavy atom.